The number of amides is 4. The van der Waals surface area contributed by atoms with E-state index in [-0.39, 0.29) is 42.3 Å². The number of aromatic amines is 2. The second kappa shape index (κ2) is 18.7. The van der Waals surface area contributed by atoms with Gasteiger partial charge in [0, 0.05) is 24.8 Å². The molecule has 2 fully saturated rings. The first-order valence-corrected chi connectivity index (χ1v) is 21.8. The number of nitrogens with one attached hydrogen (secondary N) is 4. The molecule has 5 heterocycles. The average Bonchev–Trinajstić information content (AvgIpc) is 4.14. The second-order valence-corrected chi connectivity index (χ2v) is 17.0. The van der Waals surface area contributed by atoms with Crippen molar-refractivity contribution < 1.29 is 33.4 Å². The molecule has 4 atom stereocenters. The van der Waals surface area contributed by atoms with Gasteiger partial charge < -0.3 is 44.6 Å². The Labute approximate surface area is 370 Å². The average molecular weight is 871 g/mol. The van der Waals surface area contributed by atoms with Crippen LogP contribution in [-0.4, -0.2) is 103 Å². The van der Waals surface area contributed by atoms with Gasteiger partial charge in [0.2, 0.25) is 17.7 Å². The lowest BCUT2D eigenvalue weighted by atomic mass is 10.0. The Morgan fingerprint density at radius 2 is 1.22 bits per heavy atom. The maximum atomic E-state index is 13.8. The van der Waals surface area contributed by atoms with Crippen molar-refractivity contribution in [1.82, 2.24) is 50.3 Å². The van der Waals surface area contributed by atoms with Crippen molar-refractivity contribution in [1.29, 1.82) is 0 Å². The molecule has 334 valence electrons. The maximum Gasteiger partial charge on any atom is 0.407 e. The summed E-state index contributed by atoms with van der Waals surface area (Å²) < 4.78 is 16.1. The van der Waals surface area contributed by atoms with E-state index < -0.39 is 24.3 Å². The summed E-state index contributed by atoms with van der Waals surface area (Å²) in [5.74, 6) is 1.55. The van der Waals surface area contributed by atoms with E-state index in [0.29, 0.717) is 42.0 Å². The fourth-order valence-corrected chi connectivity index (χ4v) is 8.61. The zero-order valence-electron chi connectivity index (χ0n) is 36.9. The van der Waals surface area contributed by atoms with Gasteiger partial charge >= 0.3 is 12.2 Å². The van der Waals surface area contributed by atoms with Crippen LogP contribution in [0.1, 0.15) is 82.7 Å². The van der Waals surface area contributed by atoms with E-state index in [9.17, 15) is 19.2 Å². The van der Waals surface area contributed by atoms with Crippen LogP contribution in [0.2, 0.25) is 0 Å². The molecule has 3 aromatic heterocycles. The first kappa shape index (κ1) is 43.6. The molecule has 4 N–H and O–H groups in total. The number of imidazole rings is 2. The van der Waals surface area contributed by atoms with Gasteiger partial charge in [-0.1, -0.05) is 64.1 Å². The fourth-order valence-electron chi connectivity index (χ4n) is 8.61. The van der Waals surface area contributed by atoms with Gasteiger partial charge in [0.15, 0.2) is 5.82 Å². The highest BCUT2D eigenvalue weighted by molar-refractivity contribution is 5.88. The van der Waals surface area contributed by atoms with Crippen molar-refractivity contribution in [2.24, 2.45) is 11.8 Å². The van der Waals surface area contributed by atoms with E-state index in [2.05, 4.69) is 20.6 Å². The lowest BCUT2D eigenvalue weighted by Crippen LogP contribution is -2.51. The summed E-state index contributed by atoms with van der Waals surface area (Å²) in [6.45, 7) is 8.94. The first-order chi connectivity index (χ1) is 30.9. The number of rotatable bonds is 13. The Bertz CT molecular complexity index is 2660. The molecule has 2 saturated heterocycles. The number of carbonyl (C=O) groups is 4. The zero-order valence-corrected chi connectivity index (χ0v) is 36.9. The molecule has 17 heteroatoms. The van der Waals surface area contributed by atoms with E-state index in [1.54, 1.807) is 16.0 Å². The van der Waals surface area contributed by atoms with Crippen LogP contribution in [0, 0.1) is 11.8 Å². The fraction of sp³-hybridized carbons (Fsp3) is 0.404. The molecule has 17 nitrogen and oxygen atoms in total. The topological polar surface area (TPSA) is 210 Å². The van der Waals surface area contributed by atoms with Gasteiger partial charge in [-0.25, -0.2) is 24.5 Å². The van der Waals surface area contributed by atoms with Crippen LogP contribution in [0.4, 0.5) is 9.59 Å². The SMILES string of the molecule is COC(=O)NC(C(=O)N1CCCC1c1nc2ccc(-c3ncc(-c4ccc5nc(C6CCCN6C(=O)C(NC(=O)OC)C(C)C)[nH]c5c4)c(OCc4ccccc4)n3)cc2[nH]1)C(C)C. The van der Waals surface area contributed by atoms with E-state index in [1.165, 1.54) is 14.2 Å². The molecule has 2 aliphatic rings. The van der Waals surface area contributed by atoms with Crippen LogP contribution in [0.3, 0.4) is 0 Å². The number of hydrogen-bond donors (Lipinski definition) is 4. The number of fused-ring (bicyclic) bond motifs is 2. The van der Waals surface area contributed by atoms with E-state index in [0.717, 1.165) is 64.4 Å². The summed E-state index contributed by atoms with van der Waals surface area (Å²) in [5, 5.41) is 5.41. The minimum Gasteiger partial charge on any atom is -0.472 e. The van der Waals surface area contributed by atoms with Crippen LogP contribution < -0.4 is 15.4 Å². The second-order valence-electron chi connectivity index (χ2n) is 17.0. The summed E-state index contributed by atoms with van der Waals surface area (Å²) in [7, 11) is 2.56. The number of benzene rings is 3. The van der Waals surface area contributed by atoms with Crippen LogP contribution in [0.15, 0.2) is 72.9 Å². The highest BCUT2D eigenvalue weighted by atomic mass is 16.5. The largest absolute Gasteiger partial charge is 0.472 e. The van der Waals surface area contributed by atoms with E-state index >= 15 is 0 Å². The predicted molar refractivity (Wildman–Crippen MR) is 239 cm³/mol. The highest BCUT2D eigenvalue weighted by Crippen LogP contribution is 2.37. The first-order valence-electron chi connectivity index (χ1n) is 21.8. The molecule has 6 aromatic rings. The van der Waals surface area contributed by atoms with Crippen molar-refractivity contribution in [2.75, 3.05) is 27.3 Å². The van der Waals surface area contributed by atoms with Gasteiger partial charge in [-0.15, -0.1) is 0 Å². The van der Waals surface area contributed by atoms with Gasteiger partial charge in [0.05, 0.1) is 53.9 Å². The third kappa shape index (κ3) is 9.05. The number of nitrogens with zero attached hydrogens (tertiary/aromatic N) is 6. The molecule has 4 amide bonds. The van der Waals surface area contributed by atoms with E-state index in [1.807, 2.05) is 94.4 Å². The molecule has 0 bridgehead atoms. The molecule has 0 spiro atoms. The third-order valence-corrected chi connectivity index (χ3v) is 12.0. The van der Waals surface area contributed by atoms with Crippen LogP contribution in [-0.2, 0) is 25.7 Å². The summed E-state index contributed by atoms with van der Waals surface area (Å²) >= 11 is 0. The minimum atomic E-state index is -0.734. The standard InChI is InChI=1S/C47H54N10O7/c1-26(2)38(53-46(60)62-5)44(58)56-20-10-14-36(56)41-49-32-18-16-29(22-34(32)51-41)31-24-48-40(55-43(31)64-25-28-12-8-7-9-13-28)30-17-19-33-35(23-30)52-42(50-33)37-15-11-21-57(37)45(59)39(27(3)4)54-47(61)63-6/h7-9,12-13,16-19,22-24,26-27,36-39H,10-11,14-15,20-21,25H2,1-6H3,(H,49,51)(H,50,52)(H,53,60)(H,54,61). The van der Waals surface area contributed by atoms with Crippen LogP contribution >= 0.6 is 0 Å². The number of hydrogen-bond acceptors (Lipinski definition) is 11. The zero-order chi connectivity index (χ0) is 45.1. The molecule has 64 heavy (non-hydrogen) atoms. The third-order valence-electron chi connectivity index (χ3n) is 12.0. The number of ether oxygens (including phenoxy) is 3. The summed E-state index contributed by atoms with van der Waals surface area (Å²) in [4.78, 5) is 81.9. The lowest BCUT2D eigenvalue weighted by Gasteiger charge is -2.29. The minimum absolute atomic E-state index is 0.144. The number of methoxy groups -OCH3 is 2. The molecule has 4 unspecified atom stereocenters. The quantitative estimate of drug-likeness (QED) is 0.0910. The van der Waals surface area contributed by atoms with Crippen molar-refractivity contribution in [3.05, 3.63) is 90.1 Å². The van der Waals surface area contributed by atoms with Gasteiger partial charge in [0.25, 0.3) is 0 Å². The number of likely N-dealkylation sites (tertiary alicyclic amines) is 2. The smallest absolute Gasteiger partial charge is 0.407 e. The van der Waals surface area contributed by atoms with Gasteiger partial charge in [-0.3, -0.25) is 9.59 Å². The Hall–Kier alpha value is -7.04. The highest BCUT2D eigenvalue weighted by Gasteiger charge is 2.39. The summed E-state index contributed by atoms with van der Waals surface area (Å²) in [5.41, 5.74) is 6.23. The number of aromatic nitrogens is 6. The molecule has 3 aromatic carbocycles. The molecule has 8 rings (SSSR count). The van der Waals surface area contributed by atoms with Crippen LogP contribution in [0.25, 0.3) is 44.6 Å². The molecule has 0 radical (unpaired) electrons. The molecular weight excluding hydrogens is 817 g/mol. The van der Waals surface area contributed by atoms with Crippen molar-refractivity contribution >= 4 is 46.1 Å². The maximum absolute atomic E-state index is 13.8. The van der Waals surface area contributed by atoms with Gasteiger partial charge in [-0.2, -0.15) is 4.98 Å². The van der Waals surface area contributed by atoms with Gasteiger partial charge in [0.1, 0.15) is 30.3 Å². The number of alkyl carbamates (subject to hydrolysis) is 2. The predicted octanol–water partition coefficient (Wildman–Crippen LogP) is 7.23. The lowest BCUT2D eigenvalue weighted by molar-refractivity contribution is -0.136. The van der Waals surface area contributed by atoms with Gasteiger partial charge in [-0.05, 0) is 79.0 Å². The molecular formula is C47H54N10O7. The van der Waals surface area contributed by atoms with Crippen molar-refractivity contribution in [3.63, 3.8) is 0 Å². The Balaban J connectivity index is 1.07. The normalized spacial score (nSPS) is 17.2. The number of carbonyl (C=O) groups excluding carboxylic acids is 4. The summed E-state index contributed by atoms with van der Waals surface area (Å²) in [6, 6.07) is 19.5. The Kier molecular flexibility index (Phi) is 12.8. The Morgan fingerprint density at radius 1 is 0.703 bits per heavy atom. The van der Waals surface area contributed by atoms with Crippen molar-refractivity contribution in [2.45, 2.75) is 84.2 Å². The molecule has 2 aliphatic heterocycles. The monoisotopic (exact) mass is 870 g/mol. The molecule has 0 aliphatic carbocycles. The van der Waals surface area contributed by atoms with E-state index in [4.69, 9.17) is 34.1 Å². The number of H-pyrrole nitrogens is 2. The van der Waals surface area contributed by atoms with Crippen molar-refractivity contribution in [3.8, 4) is 28.4 Å². The summed E-state index contributed by atoms with van der Waals surface area (Å²) in [6.07, 6.45) is 3.54. The Morgan fingerprint density at radius 3 is 1.73 bits per heavy atom. The molecule has 0 saturated carbocycles. The van der Waals surface area contributed by atoms with Crippen LogP contribution in [0.5, 0.6) is 5.88 Å².